The Labute approximate surface area is 142 Å². The molecule has 0 aliphatic rings. The Kier molecular flexibility index (Phi) is 4.49. The van der Waals surface area contributed by atoms with E-state index in [2.05, 4.69) is 10.1 Å². The summed E-state index contributed by atoms with van der Waals surface area (Å²) in [4.78, 5) is 4.22. The third-order valence-electron chi connectivity index (χ3n) is 3.09. The number of nitrogens with zero attached hydrogens (tertiary/aromatic N) is 3. The van der Waals surface area contributed by atoms with Gasteiger partial charge in [-0.3, -0.25) is 0 Å². The molecule has 6 nitrogen and oxygen atoms in total. The molecule has 0 saturated heterocycles. The van der Waals surface area contributed by atoms with E-state index in [0.717, 1.165) is 16.9 Å². The summed E-state index contributed by atoms with van der Waals surface area (Å²) in [5.74, 6) is 0.608. The normalized spacial score (nSPS) is 12.0. The lowest BCUT2D eigenvalue weighted by Gasteiger charge is -2.13. The maximum absolute atomic E-state index is 12.3. The summed E-state index contributed by atoms with van der Waals surface area (Å²) in [6.45, 7) is 0.000817. The number of benzene rings is 1. The summed E-state index contributed by atoms with van der Waals surface area (Å²) in [6.07, 6.45) is 0. The number of hydrogen-bond donors (Lipinski definition) is 0. The van der Waals surface area contributed by atoms with E-state index >= 15 is 0 Å². The Morgan fingerprint density at radius 3 is 2.65 bits per heavy atom. The Bertz CT molecular complexity index is 890. The zero-order chi connectivity index (χ0) is 16.4. The lowest BCUT2D eigenvalue weighted by Crippen LogP contribution is -2.25. The molecule has 0 atom stereocenters. The van der Waals surface area contributed by atoms with Crippen molar-refractivity contribution in [2.45, 2.75) is 10.8 Å². The minimum atomic E-state index is -3.55. The Hall–Kier alpha value is -1.74. The predicted octanol–water partition coefficient (Wildman–Crippen LogP) is 3.27. The zero-order valence-corrected chi connectivity index (χ0v) is 14.4. The molecule has 0 bridgehead atoms. The van der Waals surface area contributed by atoms with Crippen LogP contribution in [0, 0.1) is 0 Å². The van der Waals surface area contributed by atoms with Crippen LogP contribution in [-0.2, 0) is 16.6 Å². The summed E-state index contributed by atoms with van der Waals surface area (Å²) >= 11 is 7.00. The van der Waals surface area contributed by atoms with Crippen molar-refractivity contribution in [1.82, 2.24) is 14.4 Å². The van der Waals surface area contributed by atoms with E-state index in [1.807, 2.05) is 0 Å². The molecule has 0 aliphatic carbocycles. The third kappa shape index (κ3) is 3.45. The molecule has 3 aromatic rings. The first-order valence-electron chi connectivity index (χ1n) is 6.55. The van der Waals surface area contributed by atoms with E-state index in [0.29, 0.717) is 10.8 Å². The van der Waals surface area contributed by atoms with Crippen molar-refractivity contribution in [3.8, 4) is 11.4 Å². The van der Waals surface area contributed by atoms with Crippen LogP contribution in [0.15, 0.2) is 50.5 Å². The number of halogens is 1. The number of rotatable bonds is 5. The quantitative estimate of drug-likeness (QED) is 0.689. The maximum Gasteiger partial charge on any atom is 0.252 e. The van der Waals surface area contributed by atoms with Gasteiger partial charge in [0, 0.05) is 17.6 Å². The molecule has 0 fully saturated rings. The second-order valence-electron chi connectivity index (χ2n) is 4.71. The SMILES string of the molecule is CN(Cc1nc(-c2ccc(Cl)cc2)no1)S(=O)(=O)c1cccs1. The molecule has 2 aromatic heterocycles. The molecule has 0 aliphatic heterocycles. The first-order chi connectivity index (χ1) is 11.0. The van der Waals surface area contributed by atoms with Gasteiger partial charge in [0.05, 0.1) is 6.54 Å². The molecule has 3 rings (SSSR count). The van der Waals surface area contributed by atoms with E-state index < -0.39 is 10.0 Å². The molecule has 0 N–H and O–H groups in total. The smallest absolute Gasteiger partial charge is 0.252 e. The van der Waals surface area contributed by atoms with Crippen LogP contribution < -0.4 is 0 Å². The fourth-order valence-electron chi connectivity index (χ4n) is 1.87. The van der Waals surface area contributed by atoms with Crippen molar-refractivity contribution >= 4 is 33.0 Å². The number of sulfonamides is 1. The van der Waals surface area contributed by atoms with Crippen LogP contribution >= 0.6 is 22.9 Å². The summed E-state index contributed by atoms with van der Waals surface area (Å²) < 4.78 is 31.3. The van der Waals surface area contributed by atoms with Crippen LogP contribution in [-0.4, -0.2) is 29.9 Å². The van der Waals surface area contributed by atoms with E-state index in [4.69, 9.17) is 16.1 Å². The van der Waals surface area contributed by atoms with Crippen molar-refractivity contribution in [2.75, 3.05) is 7.05 Å². The van der Waals surface area contributed by atoms with Gasteiger partial charge in [-0.25, -0.2) is 8.42 Å². The number of thiophene rings is 1. The summed E-state index contributed by atoms with van der Waals surface area (Å²) in [7, 11) is -2.07. The van der Waals surface area contributed by atoms with Gasteiger partial charge in [0.2, 0.25) is 11.7 Å². The highest BCUT2D eigenvalue weighted by molar-refractivity contribution is 7.91. The molecule has 1 aromatic carbocycles. The fraction of sp³-hybridized carbons (Fsp3) is 0.143. The minimum Gasteiger partial charge on any atom is -0.338 e. The highest BCUT2D eigenvalue weighted by Crippen LogP contribution is 2.22. The zero-order valence-electron chi connectivity index (χ0n) is 12.0. The van der Waals surface area contributed by atoms with Crippen LogP contribution in [0.4, 0.5) is 0 Å². The van der Waals surface area contributed by atoms with Crippen molar-refractivity contribution in [3.05, 3.63) is 52.7 Å². The van der Waals surface area contributed by atoms with Gasteiger partial charge in [-0.15, -0.1) is 11.3 Å². The molecular formula is C14H12ClN3O3S2. The summed E-state index contributed by atoms with van der Waals surface area (Å²) in [6, 6.07) is 10.2. The van der Waals surface area contributed by atoms with E-state index in [1.54, 1.807) is 41.8 Å². The molecule has 0 unspecified atom stereocenters. The standard InChI is InChI=1S/C14H12ClN3O3S2/c1-18(23(19,20)13-3-2-8-22-13)9-12-16-14(17-21-12)10-4-6-11(15)7-5-10/h2-8H,9H2,1H3. The monoisotopic (exact) mass is 369 g/mol. The van der Waals surface area contributed by atoms with Crippen LogP contribution in [0.3, 0.4) is 0 Å². The molecule has 0 amide bonds. The van der Waals surface area contributed by atoms with Crippen LogP contribution in [0.25, 0.3) is 11.4 Å². The highest BCUT2D eigenvalue weighted by Gasteiger charge is 2.24. The fourth-order valence-corrected chi connectivity index (χ4v) is 4.32. The lowest BCUT2D eigenvalue weighted by atomic mass is 10.2. The molecule has 2 heterocycles. The molecule has 23 heavy (non-hydrogen) atoms. The first kappa shape index (κ1) is 16.1. The van der Waals surface area contributed by atoms with Gasteiger partial charge in [-0.1, -0.05) is 22.8 Å². The van der Waals surface area contributed by atoms with Gasteiger partial charge in [0.1, 0.15) is 4.21 Å². The van der Waals surface area contributed by atoms with Crippen LogP contribution in [0.5, 0.6) is 0 Å². The molecular weight excluding hydrogens is 358 g/mol. The molecule has 120 valence electrons. The van der Waals surface area contributed by atoms with Crippen molar-refractivity contribution in [1.29, 1.82) is 0 Å². The Morgan fingerprint density at radius 2 is 2.00 bits per heavy atom. The highest BCUT2D eigenvalue weighted by atomic mass is 35.5. The summed E-state index contributed by atoms with van der Waals surface area (Å²) in [5.41, 5.74) is 0.744. The maximum atomic E-state index is 12.3. The largest absolute Gasteiger partial charge is 0.338 e. The minimum absolute atomic E-state index is 0.000817. The second kappa shape index (κ2) is 6.40. The molecule has 9 heteroatoms. The van der Waals surface area contributed by atoms with Gasteiger partial charge in [0.15, 0.2) is 0 Å². The van der Waals surface area contributed by atoms with Gasteiger partial charge in [0.25, 0.3) is 10.0 Å². The third-order valence-corrected chi connectivity index (χ3v) is 6.52. The lowest BCUT2D eigenvalue weighted by molar-refractivity contribution is 0.337. The molecule has 0 spiro atoms. The summed E-state index contributed by atoms with van der Waals surface area (Å²) in [5, 5.41) is 6.19. The Balaban J connectivity index is 1.78. The van der Waals surface area contributed by atoms with Gasteiger partial charge in [-0.05, 0) is 35.7 Å². The van der Waals surface area contributed by atoms with E-state index in [9.17, 15) is 8.42 Å². The number of hydrogen-bond acceptors (Lipinski definition) is 6. The van der Waals surface area contributed by atoms with Crippen molar-refractivity contribution < 1.29 is 12.9 Å². The van der Waals surface area contributed by atoms with Gasteiger partial charge < -0.3 is 4.52 Å². The number of aromatic nitrogens is 2. The van der Waals surface area contributed by atoms with Crippen molar-refractivity contribution in [2.24, 2.45) is 0 Å². The average Bonchev–Trinajstić information content (AvgIpc) is 3.19. The van der Waals surface area contributed by atoms with Crippen LogP contribution in [0.2, 0.25) is 5.02 Å². The first-order valence-corrected chi connectivity index (χ1v) is 9.25. The van der Waals surface area contributed by atoms with Gasteiger partial charge in [-0.2, -0.15) is 9.29 Å². The predicted molar refractivity (Wildman–Crippen MR) is 87.7 cm³/mol. The second-order valence-corrected chi connectivity index (χ2v) is 8.37. The topological polar surface area (TPSA) is 76.3 Å². The van der Waals surface area contributed by atoms with Crippen LogP contribution in [0.1, 0.15) is 5.89 Å². The van der Waals surface area contributed by atoms with E-state index in [1.165, 1.54) is 11.4 Å². The average molecular weight is 370 g/mol. The van der Waals surface area contributed by atoms with E-state index in [-0.39, 0.29) is 16.6 Å². The Morgan fingerprint density at radius 1 is 1.26 bits per heavy atom. The molecule has 0 radical (unpaired) electrons. The molecule has 0 saturated carbocycles. The van der Waals surface area contributed by atoms with Crippen molar-refractivity contribution in [3.63, 3.8) is 0 Å². The van der Waals surface area contributed by atoms with Gasteiger partial charge >= 0.3 is 0 Å².